The Morgan fingerprint density at radius 1 is 0.920 bits per heavy atom. The van der Waals surface area contributed by atoms with Gasteiger partial charge in [-0.25, -0.2) is 37.8 Å². The van der Waals surface area contributed by atoms with E-state index in [9.17, 15) is 62.9 Å². The average Bonchev–Trinajstić information content (AvgIpc) is 4.12. The maximum Gasteiger partial charge on any atom is 0.487 e. The van der Waals surface area contributed by atoms with E-state index >= 15 is 0 Å². The number of carbonyl (C=O) groups is 1. The number of aromatic amines is 2. The van der Waals surface area contributed by atoms with Crippen molar-refractivity contribution in [3.8, 4) is 0 Å². The first-order valence-corrected chi connectivity index (χ1v) is 27.4. The number of methoxy groups -OCH3 is 1. The first-order chi connectivity index (χ1) is 35.3. The smallest absolute Gasteiger partial charge is 0.487 e. The Hall–Kier alpha value is -4.91. The van der Waals surface area contributed by atoms with Gasteiger partial charge in [0.1, 0.15) is 42.4 Å². The van der Waals surface area contributed by atoms with E-state index in [2.05, 4.69) is 33.5 Å². The molecule has 3 aliphatic heterocycles. The number of aliphatic hydroxyl groups is 3. The summed E-state index contributed by atoms with van der Waals surface area (Å²) in [7, 11) is -12.4. The number of nitrogen functional groups attached to an aromatic ring is 2. The van der Waals surface area contributed by atoms with Crippen LogP contribution in [0.4, 0.5) is 11.8 Å². The molecule has 0 saturated carbocycles. The van der Waals surface area contributed by atoms with Gasteiger partial charge in [-0.3, -0.25) is 47.1 Å². The molecule has 3 unspecified atom stereocenters. The van der Waals surface area contributed by atoms with Crippen molar-refractivity contribution in [1.29, 1.82) is 0 Å². The standard InChI is InChI=1S/C36H50N13O22P3S/c1-45(2)20(51)7-15-16(67-32(23(15)52)49-13-46(3)22-30(49)43-35(38)44-31(22)55)9-65-72(57,58)70-74(61,62)71-73(59,60)66-10-18-27(26(63-4)34(69-18)48-12-41-21-28(37)39-11-40-29(21)48)75-14-64-8-17-24(53)25(54)33(68-17)47-6-5-19(50)42-36(47)56/h5-6,11-13,15-18,23-27,32-34,52-54H,7-10,14H2,1-4H3,(H8-,37,38,39,40,42,43,44,50,55,56,57,58,59,60,61,62)/t15-,16-,17-,18-,23-,24-,25-,26-,27-,32-,33-,34-/m1/s1. The maximum atomic E-state index is 13.3. The van der Waals surface area contributed by atoms with Crippen LogP contribution in [0.2, 0.25) is 0 Å². The fraction of sp³-hybridized carbons (Fsp3) is 0.583. The van der Waals surface area contributed by atoms with Crippen molar-refractivity contribution in [2.75, 3.05) is 58.4 Å². The quantitative estimate of drug-likeness (QED) is 0.0146. The highest BCUT2D eigenvalue weighted by Gasteiger charge is 2.51. The van der Waals surface area contributed by atoms with Crippen molar-refractivity contribution in [3.05, 3.63) is 62.4 Å². The number of nitrogens with zero attached hydrogens (tertiary/aromatic N) is 9. The number of H-pyrrole nitrogens is 2. The molecule has 39 heteroatoms. The number of thioether (sulfide) groups is 1. The molecular weight excluding hydrogens is 1090 g/mol. The Morgan fingerprint density at radius 2 is 1.64 bits per heavy atom. The summed E-state index contributed by atoms with van der Waals surface area (Å²) in [6.07, 6.45) is -9.33. The van der Waals surface area contributed by atoms with Crippen molar-refractivity contribution in [3.63, 3.8) is 0 Å². The third-order valence-electron chi connectivity index (χ3n) is 12.0. The molecule has 3 saturated heterocycles. The van der Waals surface area contributed by atoms with E-state index in [4.69, 9.17) is 44.2 Å². The van der Waals surface area contributed by atoms with Gasteiger partial charge in [0.25, 0.3) is 24.9 Å². The summed E-state index contributed by atoms with van der Waals surface area (Å²) in [4.78, 5) is 106. The number of carbonyl (C=O) groups excluding carboxylic acids is 1. The number of anilines is 2. The SMILES string of the molecule is CO[C@@H]1[C@H](SCOC[C@H]2O[C@@H](n3ccc(=O)[nH]c3=O)[C@H](O)[C@@H]2O)[C@@H](COP(=O)(O)OP(=O)(O)OP(=O)([O-])OC[C@H]2O[C@@H]([n+]3cn(C)c4c(=O)[nH]c(N)nc43)[C@H](O)[C@@H]2CC(=O)N(C)C)O[C@H]1n1cnc2c(N)ncnc21. The molecule has 3 fully saturated rings. The van der Waals surface area contributed by atoms with Crippen LogP contribution in [0.25, 0.3) is 22.3 Å². The van der Waals surface area contributed by atoms with Crippen LogP contribution in [-0.2, 0) is 66.9 Å². The van der Waals surface area contributed by atoms with Gasteiger partial charge in [0.2, 0.25) is 17.7 Å². The molecule has 5 aromatic heterocycles. The van der Waals surface area contributed by atoms with Crippen LogP contribution >= 0.6 is 35.2 Å². The number of amides is 1. The number of hydrogen-bond acceptors (Lipinski definition) is 27. The number of nitrogens with one attached hydrogen (secondary N) is 2. The summed E-state index contributed by atoms with van der Waals surface area (Å²) < 4.78 is 92.1. The fourth-order valence-electron chi connectivity index (χ4n) is 8.52. The van der Waals surface area contributed by atoms with Crippen LogP contribution in [0.15, 0.2) is 45.6 Å². The third-order valence-corrected chi connectivity index (χ3v) is 17.5. The zero-order valence-corrected chi connectivity index (χ0v) is 43.0. The lowest BCUT2D eigenvalue weighted by Crippen LogP contribution is -2.45. The van der Waals surface area contributed by atoms with Gasteiger partial charge in [-0.1, -0.05) is 4.98 Å². The van der Waals surface area contributed by atoms with E-state index < -0.39 is 138 Å². The number of phosphoric acid groups is 3. The Bertz CT molecular complexity index is 3250. The van der Waals surface area contributed by atoms with E-state index in [1.165, 1.54) is 59.5 Å². The van der Waals surface area contributed by atoms with Crippen molar-refractivity contribution in [2.24, 2.45) is 13.0 Å². The van der Waals surface area contributed by atoms with Crippen molar-refractivity contribution in [1.82, 2.24) is 48.5 Å². The van der Waals surface area contributed by atoms with Crippen LogP contribution in [0.5, 0.6) is 0 Å². The van der Waals surface area contributed by atoms with Crippen LogP contribution < -0.4 is 37.7 Å². The number of nitrogens with two attached hydrogens (primary N) is 2. The minimum Gasteiger partial charge on any atom is -0.756 e. The number of aliphatic hydroxyl groups excluding tert-OH is 3. The lowest BCUT2D eigenvalue weighted by Gasteiger charge is -2.27. The molecule has 75 heavy (non-hydrogen) atoms. The lowest BCUT2D eigenvalue weighted by molar-refractivity contribution is -0.745. The molecule has 1 amide bonds. The average molecular weight is 1140 g/mol. The molecular formula is C36H50N13O22P3S. The van der Waals surface area contributed by atoms with Gasteiger partial charge in [0, 0.05) is 45.8 Å². The van der Waals surface area contributed by atoms with Gasteiger partial charge in [0.05, 0.1) is 56.6 Å². The number of phosphoric ester groups is 2. The topological polar surface area (TPSA) is 484 Å². The number of aromatic nitrogens is 10. The van der Waals surface area contributed by atoms with Gasteiger partial charge in [-0.05, 0) is 0 Å². The number of hydrogen-bond donors (Lipinski definition) is 9. The lowest BCUT2D eigenvalue weighted by atomic mass is 9.94. The van der Waals surface area contributed by atoms with Gasteiger partial charge in [0.15, 0.2) is 30.2 Å². The van der Waals surface area contributed by atoms with Crippen LogP contribution in [0.1, 0.15) is 25.1 Å². The van der Waals surface area contributed by atoms with E-state index in [1.54, 1.807) is 0 Å². The highest BCUT2D eigenvalue weighted by Crippen LogP contribution is 2.67. The summed E-state index contributed by atoms with van der Waals surface area (Å²) in [6, 6.07) is 1.02. The normalized spacial score (nSPS) is 29.4. The predicted molar refractivity (Wildman–Crippen MR) is 248 cm³/mol. The Morgan fingerprint density at radius 3 is 2.35 bits per heavy atom. The zero-order chi connectivity index (χ0) is 54.5. The molecule has 8 heterocycles. The molecule has 412 valence electrons. The largest absolute Gasteiger partial charge is 0.756 e. The second-order valence-corrected chi connectivity index (χ2v) is 22.8. The molecule has 0 aromatic carbocycles. The molecule has 0 radical (unpaired) electrons. The van der Waals surface area contributed by atoms with Crippen LogP contribution in [0.3, 0.4) is 0 Å². The Labute approximate surface area is 424 Å². The van der Waals surface area contributed by atoms with E-state index in [0.29, 0.717) is 0 Å². The first-order valence-electron chi connectivity index (χ1n) is 21.9. The molecule has 15 atom stereocenters. The molecule has 0 aliphatic carbocycles. The van der Waals surface area contributed by atoms with Gasteiger partial charge in [-0.2, -0.15) is 4.31 Å². The summed E-state index contributed by atoms with van der Waals surface area (Å²) in [5, 5.41) is 31.8. The summed E-state index contributed by atoms with van der Waals surface area (Å²) in [5.74, 6) is -2.30. The third kappa shape index (κ3) is 12.1. The van der Waals surface area contributed by atoms with Crippen LogP contribution in [0, 0.1) is 5.92 Å². The number of aryl methyl sites for hydroxylation is 1. The molecule has 35 nitrogen and oxygen atoms in total. The molecule has 3 aliphatic rings. The highest BCUT2D eigenvalue weighted by molar-refractivity contribution is 7.99. The first kappa shape index (κ1) is 56.3. The van der Waals surface area contributed by atoms with E-state index in [0.717, 1.165) is 34.9 Å². The second kappa shape index (κ2) is 22.2. The molecule has 8 rings (SSSR count). The van der Waals surface area contributed by atoms with Crippen molar-refractivity contribution < 1.29 is 94.4 Å². The van der Waals surface area contributed by atoms with Crippen molar-refractivity contribution in [2.45, 2.75) is 73.1 Å². The number of ether oxygens (including phenoxy) is 5. The maximum absolute atomic E-state index is 13.3. The van der Waals surface area contributed by atoms with Gasteiger partial charge in [-0.15, -0.1) is 11.8 Å². The second-order valence-electron chi connectivity index (χ2n) is 17.1. The minimum absolute atomic E-state index is 0.00696. The fourth-order valence-corrected chi connectivity index (χ4v) is 13.1. The highest BCUT2D eigenvalue weighted by atomic mass is 32.2. The summed E-state index contributed by atoms with van der Waals surface area (Å²) in [6.45, 7) is -2.38. The predicted octanol–water partition coefficient (Wildman–Crippen LogP) is -4.20. The Balaban J connectivity index is 0.925. The van der Waals surface area contributed by atoms with Crippen LogP contribution in [-0.4, -0.2) is 174 Å². The minimum atomic E-state index is -6.17. The number of imidazole rings is 2. The monoisotopic (exact) mass is 1140 g/mol. The number of rotatable bonds is 21. The Kier molecular flexibility index (Phi) is 16.7. The molecule has 5 aromatic rings. The molecule has 0 bridgehead atoms. The zero-order valence-electron chi connectivity index (χ0n) is 39.5. The van der Waals surface area contributed by atoms with Gasteiger partial charge < -0.3 is 74.6 Å². The van der Waals surface area contributed by atoms with Gasteiger partial charge >= 0.3 is 27.0 Å². The summed E-state index contributed by atoms with van der Waals surface area (Å²) >= 11 is 0.969. The summed E-state index contributed by atoms with van der Waals surface area (Å²) in [5.41, 5.74) is 9.78. The number of fused-ring (bicyclic) bond motifs is 2. The molecule has 11 N–H and O–H groups in total. The molecule has 0 spiro atoms. The van der Waals surface area contributed by atoms with Crippen molar-refractivity contribution >= 4 is 75.2 Å². The van der Waals surface area contributed by atoms with E-state index in [1.807, 2.05) is 4.98 Å². The van der Waals surface area contributed by atoms with E-state index in [-0.39, 0.29) is 46.6 Å².